The zero-order valence-corrected chi connectivity index (χ0v) is 10.4. The molecule has 1 unspecified atom stereocenters. The van der Waals surface area contributed by atoms with E-state index >= 15 is 0 Å². The van der Waals surface area contributed by atoms with E-state index in [1.54, 1.807) is 0 Å². The molecule has 0 radical (unpaired) electrons. The molecule has 6 nitrogen and oxygen atoms in total. The number of sulfone groups is 1. The first-order valence-corrected chi connectivity index (χ1v) is 7.67. The van der Waals surface area contributed by atoms with Crippen molar-refractivity contribution in [1.29, 1.82) is 0 Å². The van der Waals surface area contributed by atoms with E-state index in [1.807, 2.05) is 4.90 Å². The number of aliphatic hydroxyl groups is 1. The van der Waals surface area contributed by atoms with Gasteiger partial charge in [0.2, 0.25) is 5.91 Å². The Labute approximate surface area is 101 Å². The summed E-state index contributed by atoms with van der Waals surface area (Å²) in [6.45, 7) is 1.49. The fourth-order valence-corrected chi connectivity index (χ4v) is 4.01. The minimum absolute atomic E-state index is 0.0569. The molecular formula is C10H18N2O4S. The molecule has 0 saturated carbocycles. The van der Waals surface area contributed by atoms with Crippen LogP contribution in [0.5, 0.6) is 0 Å². The smallest absolute Gasteiger partial charge is 0.234 e. The Bertz CT molecular complexity index is 395. The Kier molecular flexibility index (Phi) is 3.70. The van der Waals surface area contributed by atoms with Crippen LogP contribution in [0.4, 0.5) is 0 Å². The fraction of sp³-hybridized carbons (Fsp3) is 0.900. The molecule has 2 saturated heterocycles. The summed E-state index contributed by atoms with van der Waals surface area (Å²) in [6, 6.07) is -0.236. The lowest BCUT2D eigenvalue weighted by Crippen LogP contribution is -2.42. The van der Waals surface area contributed by atoms with Gasteiger partial charge in [-0.3, -0.25) is 9.69 Å². The molecule has 2 rings (SSSR count). The van der Waals surface area contributed by atoms with E-state index < -0.39 is 9.84 Å². The fourth-order valence-electron chi connectivity index (χ4n) is 2.34. The third-order valence-electron chi connectivity index (χ3n) is 3.21. The number of aliphatic hydroxyl groups excluding tert-OH is 1. The van der Waals surface area contributed by atoms with Crippen molar-refractivity contribution in [1.82, 2.24) is 10.2 Å². The molecule has 2 aliphatic rings. The van der Waals surface area contributed by atoms with E-state index in [1.165, 1.54) is 0 Å². The molecule has 7 heteroatoms. The number of likely N-dealkylation sites (tertiary alicyclic amines) is 1. The van der Waals surface area contributed by atoms with Crippen LogP contribution in [0.1, 0.15) is 12.8 Å². The zero-order valence-electron chi connectivity index (χ0n) is 9.63. The highest BCUT2D eigenvalue weighted by Crippen LogP contribution is 2.12. The number of hydrogen-bond acceptors (Lipinski definition) is 5. The number of β-amino-alcohol motifs (C(OH)–C–C–N with tert-alkyl or cyclic N) is 1. The monoisotopic (exact) mass is 262 g/mol. The lowest BCUT2D eigenvalue weighted by molar-refractivity contribution is -0.122. The second-order valence-electron chi connectivity index (χ2n) is 4.85. The predicted octanol–water partition coefficient (Wildman–Crippen LogP) is -1.64. The Morgan fingerprint density at radius 1 is 1.41 bits per heavy atom. The van der Waals surface area contributed by atoms with Gasteiger partial charge in [-0.15, -0.1) is 0 Å². The minimum Gasteiger partial charge on any atom is -0.392 e. The highest BCUT2D eigenvalue weighted by Gasteiger charge is 2.29. The molecule has 2 atom stereocenters. The normalized spacial score (nSPS) is 32.8. The van der Waals surface area contributed by atoms with Crippen molar-refractivity contribution in [2.45, 2.75) is 25.0 Å². The highest BCUT2D eigenvalue weighted by atomic mass is 32.2. The van der Waals surface area contributed by atoms with Gasteiger partial charge in [0.05, 0.1) is 24.2 Å². The molecule has 0 spiro atoms. The Morgan fingerprint density at radius 2 is 2.18 bits per heavy atom. The van der Waals surface area contributed by atoms with Crippen LogP contribution >= 0.6 is 0 Å². The summed E-state index contributed by atoms with van der Waals surface area (Å²) < 4.78 is 22.4. The van der Waals surface area contributed by atoms with E-state index in [2.05, 4.69) is 5.32 Å². The van der Waals surface area contributed by atoms with Crippen LogP contribution in [0.25, 0.3) is 0 Å². The summed E-state index contributed by atoms with van der Waals surface area (Å²) in [6.07, 6.45) is 0.872. The van der Waals surface area contributed by atoms with E-state index in [-0.39, 0.29) is 36.1 Å². The molecular weight excluding hydrogens is 244 g/mol. The number of rotatable bonds is 3. The van der Waals surface area contributed by atoms with Gasteiger partial charge in [0.1, 0.15) is 0 Å². The third-order valence-corrected chi connectivity index (χ3v) is 4.98. The first-order chi connectivity index (χ1) is 7.94. The van der Waals surface area contributed by atoms with Crippen molar-refractivity contribution in [2.24, 2.45) is 0 Å². The van der Waals surface area contributed by atoms with Crippen LogP contribution in [0, 0.1) is 0 Å². The van der Waals surface area contributed by atoms with Crippen molar-refractivity contribution in [2.75, 3.05) is 31.1 Å². The molecule has 17 heavy (non-hydrogen) atoms. The molecule has 0 aromatic carbocycles. The van der Waals surface area contributed by atoms with Crippen LogP contribution < -0.4 is 5.32 Å². The number of carbonyl (C=O) groups excluding carboxylic acids is 1. The van der Waals surface area contributed by atoms with Crippen molar-refractivity contribution in [3.05, 3.63) is 0 Å². The van der Waals surface area contributed by atoms with Gasteiger partial charge in [-0.1, -0.05) is 0 Å². The summed E-state index contributed by atoms with van der Waals surface area (Å²) >= 11 is 0. The summed E-state index contributed by atoms with van der Waals surface area (Å²) in [5.41, 5.74) is 0. The molecule has 2 heterocycles. The molecule has 0 aliphatic carbocycles. The Morgan fingerprint density at radius 3 is 2.71 bits per heavy atom. The van der Waals surface area contributed by atoms with Gasteiger partial charge in [0, 0.05) is 19.1 Å². The van der Waals surface area contributed by atoms with Gasteiger partial charge in [0.25, 0.3) is 0 Å². The van der Waals surface area contributed by atoms with E-state index in [0.29, 0.717) is 19.4 Å². The second-order valence-corrected chi connectivity index (χ2v) is 7.07. The first kappa shape index (κ1) is 12.8. The van der Waals surface area contributed by atoms with Gasteiger partial charge in [-0.25, -0.2) is 8.42 Å². The Balaban J connectivity index is 1.75. The van der Waals surface area contributed by atoms with Gasteiger partial charge in [0.15, 0.2) is 9.84 Å². The molecule has 2 aliphatic heterocycles. The van der Waals surface area contributed by atoms with E-state index in [4.69, 9.17) is 0 Å². The van der Waals surface area contributed by atoms with Crippen LogP contribution in [0.3, 0.4) is 0 Å². The van der Waals surface area contributed by atoms with Crippen molar-refractivity contribution in [3.8, 4) is 0 Å². The second kappa shape index (κ2) is 4.91. The molecule has 2 N–H and O–H groups in total. The van der Waals surface area contributed by atoms with Gasteiger partial charge in [-0.05, 0) is 12.8 Å². The van der Waals surface area contributed by atoms with E-state index in [9.17, 15) is 18.3 Å². The average Bonchev–Trinajstić information content (AvgIpc) is 2.73. The maximum Gasteiger partial charge on any atom is 0.234 e. The molecule has 98 valence electrons. The summed E-state index contributed by atoms with van der Waals surface area (Å²) in [7, 11) is -2.95. The number of carbonyl (C=O) groups is 1. The molecule has 0 aromatic heterocycles. The molecule has 0 bridgehead atoms. The lowest BCUT2D eigenvalue weighted by atomic mass is 10.2. The van der Waals surface area contributed by atoms with Crippen LogP contribution in [0.15, 0.2) is 0 Å². The lowest BCUT2D eigenvalue weighted by Gasteiger charge is -2.16. The number of nitrogens with one attached hydrogen (secondary N) is 1. The topological polar surface area (TPSA) is 86.7 Å². The number of amides is 1. The third kappa shape index (κ3) is 3.65. The summed E-state index contributed by atoms with van der Waals surface area (Å²) in [4.78, 5) is 13.5. The summed E-state index contributed by atoms with van der Waals surface area (Å²) in [5, 5.41) is 12.0. The summed E-state index contributed by atoms with van der Waals surface area (Å²) in [5.74, 6) is 0.0723. The van der Waals surface area contributed by atoms with Crippen molar-refractivity contribution < 1.29 is 18.3 Å². The largest absolute Gasteiger partial charge is 0.392 e. The SMILES string of the molecule is O=C(CN1CC[C@@H](O)C1)NC1CCS(=O)(=O)C1. The van der Waals surface area contributed by atoms with Crippen molar-refractivity contribution in [3.63, 3.8) is 0 Å². The zero-order chi connectivity index (χ0) is 12.5. The highest BCUT2D eigenvalue weighted by molar-refractivity contribution is 7.91. The van der Waals surface area contributed by atoms with Crippen LogP contribution in [-0.4, -0.2) is 67.6 Å². The van der Waals surface area contributed by atoms with Gasteiger partial charge < -0.3 is 10.4 Å². The average molecular weight is 262 g/mol. The number of nitrogens with zero attached hydrogens (tertiary/aromatic N) is 1. The minimum atomic E-state index is -2.95. The van der Waals surface area contributed by atoms with Gasteiger partial charge in [-0.2, -0.15) is 0 Å². The maximum absolute atomic E-state index is 11.6. The molecule has 2 fully saturated rings. The maximum atomic E-state index is 11.6. The molecule has 0 aromatic rings. The quantitative estimate of drug-likeness (QED) is 0.637. The predicted molar refractivity (Wildman–Crippen MR) is 62.3 cm³/mol. The van der Waals surface area contributed by atoms with Gasteiger partial charge >= 0.3 is 0 Å². The molecule has 1 amide bonds. The van der Waals surface area contributed by atoms with Crippen LogP contribution in [-0.2, 0) is 14.6 Å². The van der Waals surface area contributed by atoms with Crippen LogP contribution in [0.2, 0.25) is 0 Å². The number of hydrogen-bond donors (Lipinski definition) is 2. The van der Waals surface area contributed by atoms with Crippen molar-refractivity contribution >= 4 is 15.7 Å². The van der Waals surface area contributed by atoms with E-state index in [0.717, 1.165) is 6.54 Å². The standard InChI is InChI=1S/C10H18N2O4S/c13-9-1-3-12(5-9)6-10(14)11-8-2-4-17(15,16)7-8/h8-9,13H,1-7H2,(H,11,14)/t8?,9-/m1/s1. The first-order valence-electron chi connectivity index (χ1n) is 5.85. The Hall–Kier alpha value is -0.660.